The Morgan fingerprint density at radius 2 is 1.79 bits per heavy atom. The molecule has 0 spiro atoms. The van der Waals surface area contributed by atoms with E-state index in [4.69, 9.17) is 4.42 Å². The molecule has 2 N–H and O–H groups in total. The summed E-state index contributed by atoms with van der Waals surface area (Å²) in [6, 6.07) is 10.7. The third-order valence-corrected chi connectivity index (χ3v) is 5.92. The number of para-hydroxylation sites is 1. The fourth-order valence-corrected chi connectivity index (χ4v) is 4.30. The number of carbonyl (C=O) groups excluding carboxylic acids is 2. The lowest BCUT2D eigenvalue weighted by Gasteiger charge is -2.28. The summed E-state index contributed by atoms with van der Waals surface area (Å²) in [5, 5.41) is 5.20. The van der Waals surface area contributed by atoms with E-state index < -0.39 is 39.5 Å². The first-order valence-electron chi connectivity index (χ1n) is 9.73. The standard InChI is InChI=1S/C22H21F2N3O5S/c1-14(27(33(2,30)31)15-9-10-18(23)19(24)12-15)21(28)26-20-8-4-3-7-17(20)22(29)25-13-16-6-5-11-32-16/h3-12,14H,13H2,1-2H3,(H,25,29)(H,26,28). The summed E-state index contributed by atoms with van der Waals surface area (Å²) in [6.07, 6.45) is 2.31. The van der Waals surface area contributed by atoms with Gasteiger partial charge in [0.2, 0.25) is 15.9 Å². The highest BCUT2D eigenvalue weighted by molar-refractivity contribution is 7.92. The topological polar surface area (TPSA) is 109 Å². The van der Waals surface area contributed by atoms with Crippen LogP contribution in [0.4, 0.5) is 20.2 Å². The molecule has 1 unspecified atom stereocenters. The van der Waals surface area contributed by atoms with Crippen LogP contribution < -0.4 is 14.9 Å². The van der Waals surface area contributed by atoms with Gasteiger partial charge in [0.25, 0.3) is 5.91 Å². The third-order valence-electron chi connectivity index (χ3n) is 4.68. The van der Waals surface area contributed by atoms with E-state index in [2.05, 4.69) is 10.6 Å². The molecule has 2 amide bonds. The van der Waals surface area contributed by atoms with Gasteiger partial charge >= 0.3 is 0 Å². The van der Waals surface area contributed by atoms with Gasteiger partial charge in [-0.3, -0.25) is 13.9 Å². The summed E-state index contributed by atoms with van der Waals surface area (Å²) in [4.78, 5) is 25.5. The summed E-state index contributed by atoms with van der Waals surface area (Å²) >= 11 is 0. The Labute approximate surface area is 189 Å². The van der Waals surface area contributed by atoms with Gasteiger partial charge in [0.05, 0.1) is 36.0 Å². The fourth-order valence-electron chi connectivity index (χ4n) is 3.13. The number of carbonyl (C=O) groups is 2. The minimum Gasteiger partial charge on any atom is -0.467 e. The van der Waals surface area contributed by atoms with Crippen LogP contribution in [0.1, 0.15) is 23.0 Å². The summed E-state index contributed by atoms with van der Waals surface area (Å²) in [5.74, 6) is -3.15. The monoisotopic (exact) mass is 477 g/mol. The summed E-state index contributed by atoms with van der Waals surface area (Å²) in [5.41, 5.74) is 0.0666. The van der Waals surface area contributed by atoms with Crippen molar-refractivity contribution in [1.29, 1.82) is 0 Å². The van der Waals surface area contributed by atoms with E-state index in [0.29, 0.717) is 16.1 Å². The Bertz CT molecular complexity index is 1260. The molecule has 0 bridgehead atoms. The van der Waals surface area contributed by atoms with Gasteiger partial charge in [-0.15, -0.1) is 0 Å². The number of hydrogen-bond acceptors (Lipinski definition) is 5. The average Bonchev–Trinajstić information content (AvgIpc) is 3.27. The van der Waals surface area contributed by atoms with E-state index in [9.17, 15) is 26.8 Å². The lowest BCUT2D eigenvalue weighted by atomic mass is 10.1. The summed E-state index contributed by atoms with van der Waals surface area (Å²) < 4.78 is 57.6. The smallest absolute Gasteiger partial charge is 0.253 e. The van der Waals surface area contributed by atoms with Gasteiger partial charge in [-0.2, -0.15) is 0 Å². The molecule has 33 heavy (non-hydrogen) atoms. The first-order chi connectivity index (χ1) is 15.6. The van der Waals surface area contributed by atoms with Crippen LogP contribution in [0.15, 0.2) is 65.3 Å². The number of nitrogens with one attached hydrogen (secondary N) is 2. The second-order valence-electron chi connectivity index (χ2n) is 7.13. The second kappa shape index (κ2) is 9.82. The van der Waals surface area contributed by atoms with Crippen LogP contribution in [0.3, 0.4) is 0 Å². The molecule has 0 aliphatic rings. The number of rotatable bonds is 8. The van der Waals surface area contributed by atoms with Crippen LogP contribution in [-0.4, -0.2) is 32.5 Å². The van der Waals surface area contributed by atoms with E-state index in [1.807, 2.05) is 0 Å². The maximum absolute atomic E-state index is 13.7. The molecule has 0 aliphatic heterocycles. The van der Waals surface area contributed by atoms with Crippen LogP contribution >= 0.6 is 0 Å². The first kappa shape index (κ1) is 23.9. The van der Waals surface area contributed by atoms with Crippen molar-refractivity contribution in [2.24, 2.45) is 0 Å². The normalized spacial score (nSPS) is 12.1. The van der Waals surface area contributed by atoms with Crippen molar-refractivity contribution in [3.05, 3.63) is 83.8 Å². The van der Waals surface area contributed by atoms with Crippen molar-refractivity contribution in [1.82, 2.24) is 5.32 Å². The number of halogens is 2. The molecule has 0 radical (unpaired) electrons. The molecule has 3 aromatic rings. The third kappa shape index (κ3) is 5.75. The quantitative estimate of drug-likeness (QED) is 0.518. The highest BCUT2D eigenvalue weighted by Gasteiger charge is 2.30. The maximum atomic E-state index is 13.7. The minimum absolute atomic E-state index is 0.127. The van der Waals surface area contributed by atoms with Crippen LogP contribution in [0.2, 0.25) is 0 Å². The number of amides is 2. The molecule has 11 heteroatoms. The predicted octanol–water partition coefficient (Wildman–Crippen LogP) is 3.28. The predicted molar refractivity (Wildman–Crippen MR) is 118 cm³/mol. The lowest BCUT2D eigenvalue weighted by Crippen LogP contribution is -2.45. The van der Waals surface area contributed by atoms with Gasteiger partial charge in [-0.25, -0.2) is 17.2 Å². The SMILES string of the molecule is CC(C(=O)Nc1ccccc1C(=O)NCc1ccco1)N(c1ccc(F)c(F)c1)S(C)(=O)=O. The number of sulfonamides is 1. The van der Waals surface area contributed by atoms with Crippen molar-refractivity contribution in [2.75, 3.05) is 15.9 Å². The van der Waals surface area contributed by atoms with Crippen molar-refractivity contribution < 1.29 is 31.2 Å². The number of furan rings is 1. The summed E-state index contributed by atoms with van der Waals surface area (Å²) in [6.45, 7) is 1.42. The zero-order valence-electron chi connectivity index (χ0n) is 17.7. The Kier molecular flexibility index (Phi) is 7.12. The molecule has 174 valence electrons. The fraction of sp³-hybridized carbons (Fsp3) is 0.182. The summed E-state index contributed by atoms with van der Waals surface area (Å²) in [7, 11) is -4.05. The molecule has 1 aromatic heterocycles. The number of anilines is 2. The molecule has 1 heterocycles. The second-order valence-corrected chi connectivity index (χ2v) is 8.99. The van der Waals surface area contributed by atoms with Crippen LogP contribution in [0.25, 0.3) is 0 Å². The van der Waals surface area contributed by atoms with Gasteiger partial charge in [0.1, 0.15) is 11.8 Å². The molecule has 2 aromatic carbocycles. The molecular formula is C22H21F2N3O5S. The van der Waals surface area contributed by atoms with Crippen molar-refractivity contribution in [3.63, 3.8) is 0 Å². The molecule has 0 aliphatic carbocycles. The van der Waals surface area contributed by atoms with E-state index in [1.54, 1.807) is 24.3 Å². The van der Waals surface area contributed by atoms with E-state index in [1.165, 1.54) is 25.3 Å². The number of benzene rings is 2. The van der Waals surface area contributed by atoms with Crippen LogP contribution in [-0.2, 0) is 21.4 Å². The molecule has 1 atom stereocenters. The first-order valence-corrected chi connectivity index (χ1v) is 11.6. The maximum Gasteiger partial charge on any atom is 0.253 e. The zero-order chi connectivity index (χ0) is 24.2. The van der Waals surface area contributed by atoms with Crippen molar-refractivity contribution >= 4 is 33.2 Å². The van der Waals surface area contributed by atoms with Crippen molar-refractivity contribution in [3.8, 4) is 0 Å². The molecule has 0 saturated heterocycles. The lowest BCUT2D eigenvalue weighted by molar-refractivity contribution is -0.116. The van der Waals surface area contributed by atoms with Gasteiger partial charge in [0.15, 0.2) is 11.6 Å². The van der Waals surface area contributed by atoms with Crippen molar-refractivity contribution in [2.45, 2.75) is 19.5 Å². The highest BCUT2D eigenvalue weighted by Crippen LogP contribution is 2.24. The van der Waals surface area contributed by atoms with E-state index in [-0.39, 0.29) is 23.5 Å². The van der Waals surface area contributed by atoms with Gasteiger partial charge in [-0.05, 0) is 43.3 Å². The van der Waals surface area contributed by atoms with Crippen LogP contribution in [0.5, 0.6) is 0 Å². The number of hydrogen-bond donors (Lipinski definition) is 2. The molecule has 3 rings (SSSR count). The number of nitrogens with zero attached hydrogens (tertiary/aromatic N) is 1. The minimum atomic E-state index is -4.05. The zero-order valence-corrected chi connectivity index (χ0v) is 18.5. The van der Waals surface area contributed by atoms with Gasteiger partial charge < -0.3 is 15.1 Å². The molecule has 0 saturated carbocycles. The molecule has 0 fully saturated rings. The van der Waals surface area contributed by atoms with Gasteiger partial charge in [0, 0.05) is 6.07 Å². The van der Waals surface area contributed by atoms with Gasteiger partial charge in [-0.1, -0.05) is 12.1 Å². The highest BCUT2D eigenvalue weighted by atomic mass is 32.2. The Balaban J connectivity index is 1.82. The Morgan fingerprint density at radius 1 is 1.06 bits per heavy atom. The molecular weight excluding hydrogens is 456 g/mol. The Hall–Kier alpha value is -3.73. The average molecular weight is 477 g/mol. The largest absolute Gasteiger partial charge is 0.467 e. The van der Waals surface area contributed by atoms with E-state index >= 15 is 0 Å². The van der Waals surface area contributed by atoms with Crippen LogP contribution in [0, 0.1) is 11.6 Å². The molecule has 8 nitrogen and oxygen atoms in total. The van der Waals surface area contributed by atoms with E-state index in [0.717, 1.165) is 18.4 Å². The Morgan fingerprint density at radius 3 is 2.42 bits per heavy atom.